The van der Waals surface area contributed by atoms with Gasteiger partial charge in [-0.2, -0.15) is 0 Å². The molecular formula is C22H22O4. The third-order valence-electron chi connectivity index (χ3n) is 4.48. The molecule has 0 aliphatic rings. The molecule has 4 heteroatoms. The Morgan fingerprint density at radius 2 is 1.46 bits per heavy atom. The SMILES string of the molecule is COc1cc(O)cc(CCc2ccccc2O)c1Cc1ccc(O)cc1. The fraction of sp³-hybridized carbons (Fsp3) is 0.182. The molecule has 0 saturated heterocycles. The molecule has 134 valence electrons. The van der Waals surface area contributed by atoms with Crippen molar-refractivity contribution in [3.8, 4) is 23.0 Å². The Morgan fingerprint density at radius 1 is 0.769 bits per heavy atom. The smallest absolute Gasteiger partial charge is 0.126 e. The highest BCUT2D eigenvalue weighted by molar-refractivity contribution is 5.49. The van der Waals surface area contributed by atoms with E-state index in [1.54, 1.807) is 43.5 Å². The number of rotatable bonds is 6. The van der Waals surface area contributed by atoms with Crippen molar-refractivity contribution in [2.24, 2.45) is 0 Å². The summed E-state index contributed by atoms with van der Waals surface area (Å²) in [4.78, 5) is 0. The van der Waals surface area contributed by atoms with Gasteiger partial charge in [0.15, 0.2) is 0 Å². The number of para-hydroxylation sites is 1. The van der Waals surface area contributed by atoms with Gasteiger partial charge >= 0.3 is 0 Å². The van der Waals surface area contributed by atoms with Gasteiger partial charge < -0.3 is 20.1 Å². The van der Waals surface area contributed by atoms with E-state index in [0.29, 0.717) is 25.0 Å². The molecule has 0 spiro atoms. The zero-order valence-electron chi connectivity index (χ0n) is 14.6. The normalized spacial score (nSPS) is 10.7. The largest absolute Gasteiger partial charge is 0.508 e. The summed E-state index contributed by atoms with van der Waals surface area (Å²) in [5.41, 5.74) is 3.87. The third kappa shape index (κ3) is 4.09. The van der Waals surface area contributed by atoms with E-state index in [4.69, 9.17) is 4.74 Å². The summed E-state index contributed by atoms with van der Waals surface area (Å²) in [7, 11) is 1.59. The van der Waals surface area contributed by atoms with Gasteiger partial charge in [-0.05, 0) is 53.8 Å². The maximum Gasteiger partial charge on any atom is 0.126 e. The van der Waals surface area contributed by atoms with Crippen LogP contribution in [0.1, 0.15) is 22.3 Å². The standard InChI is InChI=1S/C22H22O4/c1-26-22-14-19(24)13-17(9-8-16-4-2-3-5-21(16)25)20(22)12-15-6-10-18(23)11-7-15/h2-7,10-11,13-14,23-25H,8-9,12H2,1H3. The number of aromatic hydroxyl groups is 3. The molecule has 4 nitrogen and oxygen atoms in total. The van der Waals surface area contributed by atoms with Crippen LogP contribution in [0.2, 0.25) is 0 Å². The van der Waals surface area contributed by atoms with Crippen LogP contribution in [0.25, 0.3) is 0 Å². The van der Waals surface area contributed by atoms with Crippen LogP contribution in [-0.2, 0) is 19.3 Å². The zero-order chi connectivity index (χ0) is 18.5. The van der Waals surface area contributed by atoms with Gasteiger partial charge in [-0.25, -0.2) is 0 Å². The molecule has 3 aromatic rings. The van der Waals surface area contributed by atoms with Crippen molar-refractivity contribution in [2.75, 3.05) is 7.11 Å². The first-order chi connectivity index (χ1) is 12.6. The number of phenolic OH excluding ortho intramolecular Hbond substituents is 3. The first kappa shape index (κ1) is 17.7. The van der Waals surface area contributed by atoms with Crippen molar-refractivity contribution < 1.29 is 20.1 Å². The number of hydrogen-bond donors (Lipinski definition) is 3. The number of benzene rings is 3. The van der Waals surface area contributed by atoms with Crippen LogP contribution in [0.3, 0.4) is 0 Å². The van der Waals surface area contributed by atoms with Crippen LogP contribution in [0.15, 0.2) is 60.7 Å². The second-order valence-corrected chi connectivity index (χ2v) is 6.26. The molecule has 26 heavy (non-hydrogen) atoms. The van der Waals surface area contributed by atoms with E-state index in [1.807, 2.05) is 24.3 Å². The lowest BCUT2D eigenvalue weighted by atomic mass is 9.94. The summed E-state index contributed by atoms with van der Waals surface area (Å²) in [6.45, 7) is 0. The summed E-state index contributed by atoms with van der Waals surface area (Å²) in [6, 6.07) is 17.7. The summed E-state index contributed by atoms with van der Waals surface area (Å²) >= 11 is 0. The second kappa shape index (κ2) is 7.83. The van der Waals surface area contributed by atoms with E-state index in [-0.39, 0.29) is 17.2 Å². The Morgan fingerprint density at radius 3 is 2.15 bits per heavy atom. The van der Waals surface area contributed by atoms with Crippen LogP contribution in [0.4, 0.5) is 0 Å². The summed E-state index contributed by atoms with van der Waals surface area (Å²) in [5, 5.41) is 29.5. The Hall–Kier alpha value is -3.14. The molecule has 0 unspecified atom stereocenters. The van der Waals surface area contributed by atoms with Gasteiger partial charge in [-0.3, -0.25) is 0 Å². The number of hydrogen-bond acceptors (Lipinski definition) is 4. The second-order valence-electron chi connectivity index (χ2n) is 6.26. The molecule has 3 aromatic carbocycles. The highest BCUT2D eigenvalue weighted by Gasteiger charge is 2.13. The average molecular weight is 350 g/mol. The third-order valence-corrected chi connectivity index (χ3v) is 4.48. The lowest BCUT2D eigenvalue weighted by Gasteiger charge is -2.15. The van der Waals surface area contributed by atoms with E-state index >= 15 is 0 Å². The van der Waals surface area contributed by atoms with Gasteiger partial charge in [-0.15, -0.1) is 0 Å². The molecule has 0 aliphatic heterocycles. The molecular weight excluding hydrogens is 328 g/mol. The van der Waals surface area contributed by atoms with Gasteiger partial charge in [-0.1, -0.05) is 30.3 Å². The number of aryl methyl sites for hydroxylation is 2. The molecule has 0 fully saturated rings. The van der Waals surface area contributed by atoms with Gasteiger partial charge in [0.25, 0.3) is 0 Å². The van der Waals surface area contributed by atoms with E-state index in [2.05, 4.69) is 0 Å². The molecule has 0 radical (unpaired) electrons. The molecule has 0 aliphatic carbocycles. The van der Waals surface area contributed by atoms with Gasteiger partial charge in [0, 0.05) is 18.1 Å². The molecule has 0 aromatic heterocycles. The van der Waals surface area contributed by atoms with Crippen molar-refractivity contribution in [2.45, 2.75) is 19.3 Å². The molecule has 3 N–H and O–H groups in total. The fourth-order valence-corrected chi connectivity index (χ4v) is 3.10. The summed E-state index contributed by atoms with van der Waals surface area (Å²) in [5.74, 6) is 1.29. The number of phenols is 3. The minimum absolute atomic E-state index is 0.156. The van der Waals surface area contributed by atoms with Crippen molar-refractivity contribution in [1.29, 1.82) is 0 Å². The van der Waals surface area contributed by atoms with Crippen LogP contribution in [0.5, 0.6) is 23.0 Å². The Kier molecular flexibility index (Phi) is 5.32. The zero-order valence-corrected chi connectivity index (χ0v) is 14.6. The minimum atomic E-state index is 0.156. The summed E-state index contributed by atoms with van der Waals surface area (Å²) < 4.78 is 5.48. The Bertz CT molecular complexity index is 885. The topological polar surface area (TPSA) is 69.9 Å². The van der Waals surface area contributed by atoms with Crippen molar-refractivity contribution in [1.82, 2.24) is 0 Å². The predicted molar refractivity (Wildman–Crippen MR) is 101 cm³/mol. The maximum absolute atomic E-state index is 10.0. The lowest BCUT2D eigenvalue weighted by molar-refractivity contribution is 0.402. The van der Waals surface area contributed by atoms with Gasteiger partial charge in [0.2, 0.25) is 0 Å². The van der Waals surface area contributed by atoms with Crippen LogP contribution in [0, 0.1) is 0 Å². The van der Waals surface area contributed by atoms with E-state index in [0.717, 1.165) is 22.3 Å². The fourth-order valence-electron chi connectivity index (χ4n) is 3.10. The monoisotopic (exact) mass is 350 g/mol. The minimum Gasteiger partial charge on any atom is -0.508 e. The summed E-state index contributed by atoms with van der Waals surface area (Å²) in [6.07, 6.45) is 1.94. The first-order valence-corrected chi connectivity index (χ1v) is 8.50. The molecule has 0 saturated carbocycles. The van der Waals surface area contributed by atoms with Crippen LogP contribution >= 0.6 is 0 Å². The average Bonchev–Trinajstić information content (AvgIpc) is 2.64. The molecule has 0 amide bonds. The number of methoxy groups -OCH3 is 1. The van der Waals surface area contributed by atoms with Crippen molar-refractivity contribution >= 4 is 0 Å². The maximum atomic E-state index is 10.0. The Balaban J connectivity index is 1.91. The van der Waals surface area contributed by atoms with Gasteiger partial charge in [0.05, 0.1) is 7.11 Å². The molecule has 0 bridgehead atoms. The van der Waals surface area contributed by atoms with Crippen molar-refractivity contribution in [3.05, 3.63) is 82.9 Å². The lowest BCUT2D eigenvalue weighted by Crippen LogP contribution is -2.02. The van der Waals surface area contributed by atoms with E-state index in [1.165, 1.54) is 0 Å². The highest BCUT2D eigenvalue weighted by Crippen LogP contribution is 2.32. The van der Waals surface area contributed by atoms with Crippen molar-refractivity contribution in [3.63, 3.8) is 0 Å². The Labute approximate surface area is 153 Å². The molecule has 0 atom stereocenters. The number of ether oxygens (including phenoxy) is 1. The van der Waals surface area contributed by atoms with Crippen LogP contribution < -0.4 is 4.74 Å². The van der Waals surface area contributed by atoms with Crippen LogP contribution in [-0.4, -0.2) is 22.4 Å². The molecule has 0 heterocycles. The molecule has 3 rings (SSSR count). The van der Waals surface area contributed by atoms with E-state index in [9.17, 15) is 15.3 Å². The van der Waals surface area contributed by atoms with E-state index < -0.39 is 0 Å². The highest BCUT2D eigenvalue weighted by atomic mass is 16.5. The predicted octanol–water partition coefficient (Wildman–Crippen LogP) is 4.19. The van der Waals surface area contributed by atoms with Gasteiger partial charge in [0.1, 0.15) is 23.0 Å². The first-order valence-electron chi connectivity index (χ1n) is 8.50. The quantitative estimate of drug-likeness (QED) is 0.623.